The van der Waals surface area contributed by atoms with Crippen LogP contribution in [-0.2, 0) is 6.54 Å². The third kappa shape index (κ3) is 4.59. The fraction of sp³-hybridized carbons (Fsp3) is 0.562. The Labute approximate surface area is 137 Å². The molecular formula is C16H21Cl2N3. The summed E-state index contributed by atoms with van der Waals surface area (Å²) in [6, 6.07) is 8.16. The maximum Gasteiger partial charge on any atom is 0.0978 e. The molecule has 3 nitrogen and oxygen atoms in total. The number of piperazine rings is 1. The van der Waals surface area contributed by atoms with E-state index < -0.39 is 0 Å². The second-order valence-corrected chi connectivity index (χ2v) is 6.33. The van der Waals surface area contributed by atoms with Gasteiger partial charge in [-0.15, -0.1) is 0 Å². The predicted molar refractivity (Wildman–Crippen MR) is 87.6 cm³/mol. The first-order chi connectivity index (χ1) is 10.1. The van der Waals surface area contributed by atoms with E-state index in [2.05, 4.69) is 22.8 Å². The zero-order valence-electron chi connectivity index (χ0n) is 12.4. The molecule has 1 aromatic rings. The normalized spacial score (nSPS) is 18.4. The van der Waals surface area contributed by atoms with Crippen LogP contribution in [0.15, 0.2) is 18.2 Å². The summed E-state index contributed by atoms with van der Waals surface area (Å²) in [4.78, 5) is 4.68. The van der Waals surface area contributed by atoms with Crippen LogP contribution in [0.25, 0.3) is 0 Å². The maximum absolute atomic E-state index is 9.24. The summed E-state index contributed by atoms with van der Waals surface area (Å²) in [7, 11) is 0. The molecule has 0 aliphatic carbocycles. The molecule has 0 radical (unpaired) electrons. The number of halogens is 2. The molecule has 1 aromatic carbocycles. The molecule has 114 valence electrons. The summed E-state index contributed by atoms with van der Waals surface area (Å²) in [6.45, 7) is 6.81. The average molecular weight is 326 g/mol. The molecular weight excluding hydrogens is 305 g/mol. The summed E-state index contributed by atoms with van der Waals surface area (Å²) in [5.41, 5.74) is 1.11. The highest BCUT2D eigenvalue weighted by molar-refractivity contribution is 6.35. The van der Waals surface area contributed by atoms with Gasteiger partial charge < -0.3 is 0 Å². The van der Waals surface area contributed by atoms with Gasteiger partial charge in [0.25, 0.3) is 0 Å². The molecule has 1 aliphatic rings. The quantitative estimate of drug-likeness (QED) is 0.824. The van der Waals surface area contributed by atoms with E-state index in [0.717, 1.165) is 56.2 Å². The first kappa shape index (κ1) is 16.6. The van der Waals surface area contributed by atoms with Crippen LogP contribution in [0.5, 0.6) is 0 Å². The van der Waals surface area contributed by atoms with Crippen LogP contribution in [-0.4, -0.2) is 42.0 Å². The molecule has 1 unspecified atom stereocenters. The lowest BCUT2D eigenvalue weighted by Crippen LogP contribution is -2.49. The second-order valence-electron chi connectivity index (χ2n) is 5.48. The average Bonchev–Trinajstić information content (AvgIpc) is 2.48. The highest BCUT2D eigenvalue weighted by Crippen LogP contribution is 2.23. The number of hydrogen-bond donors (Lipinski definition) is 0. The Morgan fingerprint density at radius 3 is 2.52 bits per heavy atom. The molecule has 1 heterocycles. The fourth-order valence-corrected chi connectivity index (χ4v) is 3.19. The third-order valence-corrected chi connectivity index (χ3v) is 4.55. The van der Waals surface area contributed by atoms with E-state index in [1.807, 2.05) is 12.1 Å². The Balaban J connectivity index is 1.88. The van der Waals surface area contributed by atoms with Gasteiger partial charge in [0.15, 0.2) is 0 Å². The SMILES string of the molecule is CCCC(C#N)N1CCN(Cc2ccc(Cl)cc2Cl)CC1. The van der Waals surface area contributed by atoms with Crippen LogP contribution in [0.4, 0.5) is 0 Å². The van der Waals surface area contributed by atoms with Crippen LogP contribution >= 0.6 is 23.2 Å². The van der Waals surface area contributed by atoms with E-state index in [-0.39, 0.29) is 6.04 Å². The summed E-state index contributed by atoms with van der Waals surface area (Å²) in [5.74, 6) is 0. The van der Waals surface area contributed by atoms with Crippen LogP contribution in [0.3, 0.4) is 0 Å². The van der Waals surface area contributed by atoms with Crippen LogP contribution in [0.1, 0.15) is 25.3 Å². The van der Waals surface area contributed by atoms with Gasteiger partial charge in [-0.05, 0) is 24.1 Å². The van der Waals surface area contributed by atoms with Gasteiger partial charge in [-0.1, -0.05) is 42.6 Å². The van der Waals surface area contributed by atoms with Gasteiger partial charge in [0.2, 0.25) is 0 Å². The lowest BCUT2D eigenvalue weighted by atomic mass is 10.1. The topological polar surface area (TPSA) is 30.3 Å². The van der Waals surface area contributed by atoms with Crippen molar-refractivity contribution in [3.8, 4) is 6.07 Å². The molecule has 2 rings (SSSR count). The Bertz CT molecular complexity index is 505. The van der Waals surface area contributed by atoms with Crippen molar-refractivity contribution in [3.63, 3.8) is 0 Å². The van der Waals surface area contributed by atoms with Gasteiger partial charge in [-0.25, -0.2) is 0 Å². The van der Waals surface area contributed by atoms with Crippen molar-refractivity contribution in [1.29, 1.82) is 5.26 Å². The Hall–Kier alpha value is -0.790. The molecule has 1 aliphatic heterocycles. The van der Waals surface area contributed by atoms with Crippen molar-refractivity contribution in [2.24, 2.45) is 0 Å². The minimum absolute atomic E-state index is 0.0660. The first-order valence-electron chi connectivity index (χ1n) is 7.44. The van der Waals surface area contributed by atoms with E-state index in [9.17, 15) is 5.26 Å². The molecule has 0 aromatic heterocycles. The van der Waals surface area contributed by atoms with E-state index in [0.29, 0.717) is 5.02 Å². The standard InChI is InChI=1S/C16H21Cl2N3/c1-2-3-15(11-19)21-8-6-20(7-9-21)12-13-4-5-14(17)10-16(13)18/h4-5,10,15H,2-3,6-9,12H2,1H3. The molecule has 1 atom stereocenters. The van der Waals surface area contributed by atoms with Crippen LogP contribution in [0.2, 0.25) is 10.0 Å². The molecule has 0 amide bonds. The fourth-order valence-electron chi connectivity index (χ4n) is 2.73. The number of nitrogens with zero attached hydrogens (tertiary/aromatic N) is 3. The Morgan fingerprint density at radius 2 is 1.95 bits per heavy atom. The second kappa shape index (κ2) is 8.00. The van der Waals surface area contributed by atoms with Crippen LogP contribution < -0.4 is 0 Å². The summed E-state index contributed by atoms with van der Waals surface area (Å²) in [6.07, 6.45) is 2.01. The van der Waals surface area contributed by atoms with Crippen molar-refractivity contribution in [2.45, 2.75) is 32.4 Å². The number of nitriles is 1. The molecule has 1 saturated heterocycles. The highest BCUT2D eigenvalue weighted by Gasteiger charge is 2.23. The summed E-state index contributed by atoms with van der Waals surface area (Å²) >= 11 is 12.2. The Morgan fingerprint density at radius 1 is 1.24 bits per heavy atom. The van der Waals surface area contributed by atoms with Crippen molar-refractivity contribution >= 4 is 23.2 Å². The van der Waals surface area contributed by atoms with Crippen molar-refractivity contribution in [3.05, 3.63) is 33.8 Å². The zero-order valence-corrected chi connectivity index (χ0v) is 13.9. The van der Waals surface area contributed by atoms with Gasteiger partial charge in [0.05, 0.1) is 12.1 Å². The lowest BCUT2D eigenvalue weighted by Gasteiger charge is -2.37. The summed E-state index contributed by atoms with van der Waals surface area (Å²) in [5, 5.41) is 10.6. The zero-order chi connectivity index (χ0) is 15.2. The van der Waals surface area contributed by atoms with Gasteiger partial charge in [-0.3, -0.25) is 9.80 Å². The van der Waals surface area contributed by atoms with E-state index in [1.165, 1.54) is 0 Å². The summed E-state index contributed by atoms with van der Waals surface area (Å²) < 4.78 is 0. The number of hydrogen-bond acceptors (Lipinski definition) is 3. The Kier molecular flexibility index (Phi) is 6.32. The number of benzene rings is 1. The molecule has 0 N–H and O–H groups in total. The molecule has 0 bridgehead atoms. The monoisotopic (exact) mass is 325 g/mol. The van der Waals surface area contributed by atoms with Gasteiger partial charge in [0.1, 0.15) is 0 Å². The van der Waals surface area contributed by atoms with Crippen molar-refractivity contribution < 1.29 is 0 Å². The third-order valence-electron chi connectivity index (χ3n) is 3.97. The smallest absolute Gasteiger partial charge is 0.0978 e. The largest absolute Gasteiger partial charge is 0.296 e. The molecule has 0 spiro atoms. The van der Waals surface area contributed by atoms with E-state index >= 15 is 0 Å². The van der Waals surface area contributed by atoms with Gasteiger partial charge >= 0.3 is 0 Å². The predicted octanol–water partition coefficient (Wildman–Crippen LogP) is 3.80. The maximum atomic E-state index is 9.24. The van der Waals surface area contributed by atoms with E-state index in [1.54, 1.807) is 6.07 Å². The lowest BCUT2D eigenvalue weighted by molar-refractivity contribution is 0.106. The minimum Gasteiger partial charge on any atom is -0.296 e. The molecule has 21 heavy (non-hydrogen) atoms. The van der Waals surface area contributed by atoms with E-state index in [4.69, 9.17) is 23.2 Å². The van der Waals surface area contributed by atoms with Crippen molar-refractivity contribution in [2.75, 3.05) is 26.2 Å². The molecule has 0 saturated carbocycles. The highest BCUT2D eigenvalue weighted by atomic mass is 35.5. The number of rotatable bonds is 5. The molecule has 1 fully saturated rings. The first-order valence-corrected chi connectivity index (χ1v) is 8.19. The van der Waals surface area contributed by atoms with Gasteiger partial charge in [-0.2, -0.15) is 5.26 Å². The minimum atomic E-state index is 0.0660. The van der Waals surface area contributed by atoms with Crippen LogP contribution in [0, 0.1) is 11.3 Å². The molecule has 5 heteroatoms. The van der Waals surface area contributed by atoms with Gasteiger partial charge in [0, 0.05) is 42.8 Å². The van der Waals surface area contributed by atoms with Crippen molar-refractivity contribution in [1.82, 2.24) is 9.80 Å².